The Labute approximate surface area is 149 Å². The molecule has 2 atom stereocenters. The molecule has 1 unspecified atom stereocenters. The minimum absolute atomic E-state index is 0.00946. The van der Waals surface area contributed by atoms with E-state index in [9.17, 15) is 23.1 Å². The fourth-order valence-corrected chi connectivity index (χ4v) is 4.15. The van der Waals surface area contributed by atoms with E-state index in [1.54, 1.807) is 26.0 Å². The molecule has 0 radical (unpaired) electrons. The van der Waals surface area contributed by atoms with Crippen LogP contribution in [0.4, 0.5) is 0 Å². The highest BCUT2D eigenvalue weighted by Gasteiger charge is 2.33. The lowest BCUT2D eigenvalue weighted by Gasteiger charge is -2.17. The van der Waals surface area contributed by atoms with Crippen molar-refractivity contribution in [2.75, 3.05) is 6.61 Å². The van der Waals surface area contributed by atoms with Gasteiger partial charge in [0.05, 0.1) is 24.0 Å². The highest BCUT2D eigenvalue weighted by Crippen LogP contribution is 2.23. The molecule has 0 aliphatic rings. The van der Waals surface area contributed by atoms with Crippen molar-refractivity contribution in [2.24, 2.45) is 0 Å². The lowest BCUT2D eigenvalue weighted by molar-refractivity contribution is -0.144. The summed E-state index contributed by atoms with van der Waals surface area (Å²) < 4.78 is 30.5. The monoisotopic (exact) mass is 370 g/mol. The smallest absolute Gasteiger partial charge is 0.306 e. The first-order chi connectivity index (χ1) is 11.7. The summed E-state index contributed by atoms with van der Waals surface area (Å²) in [5.74, 6) is -1.06. The molecular formula is C18H26O6S. The summed E-state index contributed by atoms with van der Waals surface area (Å²) in [5.41, 5.74) is 0.910. The van der Waals surface area contributed by atoms with Crippen LogP contribution in [0.15, 0.2) is 29.2 Å². The summed E-state index contributed by atoms with van der Waals surface area (Å²) in [5, 5.41) is 8.19. The van der Waals surface area contributed by atoms with E-state index in [-0.39, 0.29) is 37.2 Å². The van der Waals surface area contributed by atoms with Gasteiger partial charge in [-0.25, -0.2) is 8.42 Å². The second kappa shape index (κ2) is 9.68. The second-order valence-corrected chi connectivity index (χ2v) is 8.17. The van der Waals surface area contributed by atoms with Crippen LogP contribution in [0.3, 0.4) is 0 Å². The molecule has 6 nitrogen and oxygen atoms in total. The second-order valence-electron chi connectivity index (χ2n) is 6.04. The van der Waals surface area contributed by atoms with Gasteiger partial charge in [-0.15, -0.1) is 0 Å². The standard InChI is InChI=1S/C18H26O6S/c1-4-24-18(21)12-10-16(20)17(11-7-14(3)19)25(22,23)15-8-5-13(2)6-9-15/h5-6,8-9,14,17,19H,4,7,10-12H2,1-3H3/t14-,17?/m0/s1. The summed E-state index contributed by atoms with van der Waals surface area (Å²) in [6, 6.07) is 6.28. The predicted octanol–water partition coefficient (Wildman–Crippen LogP) is 2.21. The van der Waals surface area contributed by atoms with Crippen LogP contribution in [0.25, 0.3) is 0 Å². The number of benzene rings is 1. The molecular weight excluding hydrogens is 344 g/mol. The molecule has 0 bridgehead atoms. The molecule has 0 saturated heterocycles. The number of ether oxygens (including phenoxy) is 1. The minimum Gasteiger partial charge on any atom is -0.466 e. The van der Waals surface area contributed by atoms with Crippen molar-refractivity contribution >= 4 is 21.6 Å². The van der Waals surface area contributed by atoms with E-state index in [1.165, 1.54) is 12.1 Å². The number of hydrogen-bond acceptors (Lipinski definition) is 6. The molecule has 1 aromatic carbocycles. The Morgan fingerprint density at radius 3 is 2.24 bits per heavy atom. The van der Waals surface area contributed by atoms with Crippen molar-refractivity contribution in [3.63, 3.8) is 0 Å². The highest BCUT2D eigenvalue weighted by molar-refractivity contribution is 7.92. The zero-order chi connectivity index (χ0) is 19.0. The van der Waals surface area contributed by atoms with Gasteiger partial charge in [0, 0.05) is 6.42 Å². The molecule has 25 heavy (non-hydrogen) atoms. The summed E-state index contributed by atoms with van der Waals surface area (Å²) in [6.45, 7) is 5.25. The van der Waals surface area contributed by atoms with E-state index in [4.69, 9.17) is 4.74 Å². The molecule has 0 aliphatic carbocycles. The lowest BCUT2D eigenvalue weighted by Crippen LogP contribution is -2.32. The molecule has 1 aromatic rings. The molecule has 0 spiro atoms. The predicted molar refractivity (Wildman–Crippen MR) is 93.9 cm³/mol. The minimum atomic E-state index is -3.89. The number of aliphatic hydroxyl groups excluding tert-OH is 1. The Morgan fingerprint density at radius 1 is 1.12 bits per heavy atom. The third-order valence-corrected chi connectivity index (χ3v) is 5.99. The zero-order valence-electron chi connectivity index (χ0n) is 14.9. The van der Waals surface area contributed by atoms with Crippen molar-refractivity contribution in [1.29, 1.82) is 0 Å². The molecule has 0 heterocycles. The van der Waals surface area contributed by atoms with Crippen LogP contribution in [0, 0.1) is 6.92 Å². The number of hydrogen-bond donors (Lipinski definition) is 1. The number of aryl methyl sites for hydroxylation is 1. The van der Waals surface area contributed by atoms with Crippen LogP contribution in [0.1, 0.15) is 45.1 Å². The molecule has 1 rings (SSSR count). The van der Waals surface area contributed by atoms with Gasteiger partial charge in [0.25, 0.3) is 0 Å². The van der Waals surface area contributed by atoms with Crippen molar-refractivity contribution in [1.82, 2.24) is 0 Å². The average Bonchev–Trinajstić information content (AvgIpc) is 2.53. The van der Waals surface area contributed by atoms with Crippen LogP contribution in [0.2, 0.25) is 0 Å². The molecule has 140 valence electrons. The molecule has 7 heteroatoms. The van der Waals surface area contributed by atoms with E-state index in [0.717, 1.165) is 5.56 Å². The lowest BCUT2D eigenvalue weighted by atomic mass is 10.1. The Kier molecular flexibility index (Phi) is 8.25. The van der Waals surface area contributed by atoms with Gasteiger partial charge in [-0.05, 0) is 45.7 Å². The Bertz CT molecular complexity index is 676. The van der Waals surface area contributed by atoms with Gasteiger partial charge in [0.2, 0.25) is 0 Å². The van der Waals surface area contributed by atoms with Gasteiger partial charge in [-0.3, -0.25) is 9.59 Å². The number of carbonyl (C=O) groups is 2. The van der Waals surface area contributed by atoms with Crippen molar-refractivity contribution < 1.29 is 27.9 Å². The van der Waals surface area contributed by atoms with E-state index in [0.29, 0.717) is 0 Å². The van der Waals surface area contributed by atoms with Gasteiger partial charge in [0.1, 0.15) is 5.25 Å². The Hall–Kier alpha value is -1.73. The number of Topliss-reactive ketones (excluding diaryl/α,β-unsaturated/α-hetero) is 1. The summed E-state index contributed by atoms with van der Waals surface area (Å²) in [6.07, 6.45) is -0.875. The quantitative estimate of drug-likeness (QED) is 0.634. The fraction of sp³-hybridized carbons (Fsp3) is 0.556. The molecule has 0 aromatic heterocycles. The number of esters is 1. The van der Waals surface area contributed by atoms with Crippen LogP contribution in [0.5, 0.6) is 0 Å². The Balaban J connectivity index is 2.99. The molecule has 0 aliphatic heterocycles. The number of sulfone groups is 1. The maximum atomic E-state index is 12.8. The van der Waals surface area contributed by atoms with Gasteiger partial charge < -0.3 is 9.84 Å². The van der Waals surface area contributed by atoms with E-state index >= 15 is 0 Å². The maximum Gasteiger partial charge on any atom is 0.306 e. The topological polar surface area (TPSA) is 97.7 Å². The van der Waals surface area contributed by atoms with E-state index < -0.39 is 32.9 Å². The van der Waals surface area contributed by atoms with Gasteiger partial charge >= 0.3 is 5.97 Å². The fourth-order valence-electron chi connectivity index (χ4n) is 2.39. The SMILES string of the molecule is CCOC(=O)CCC(=O)C(CC[C@H](C)O)S(=O)(=O)c1ccc(C)cc1. The first-order valence-electron chi connectivity index (χ1n) is 8.35. The third kappa shape index (κ3) is 6.59. The first-order valence-corrected chi connectivity index (χ1v) is 9.90. The molecule has 0 fully saturated rings. The summed E-state index contributed by atoms with van der Waals surface area (Å²) in [7, 11) is -3.89. The van der Waals surface area contributed by atoms with Gasteiger partial charge in [-0.1, -0.05) is 17.7 Å². The average molecular weight is 370 g/mol. The summed E-state index contributed by atoms with van der Waals surface area (Å²) >= 11 is 0. The van der Waals surface area contributed by atoms with E-state index in [2.05, 4.69) is 0 Å². The number of rotatable bonds is 10. The van der Waals surface area contributed by atoms with Crippen LogP contribution < -0.4 is 0 Å². The molecule has 1 N–H and O–H groups in total. The largest absolute Gasteiger partial charge is 0.466 e. The molecule has 0 amide bonds. The maximum absolute atomic E-state index is 12.8. The van der Waals surface area contributed by atoms with Crippen LogP contribution in [-0.4, -0.2) is 43.2 Å². The molecule has 0 saturated carbocycles. The van der Waals surface area contributed by atoms with Crippen LogP contribution in [-0.2, 0) is 24.2 Å². The highest BCUT2D eigenvalue weighted by atomic mass is 32.2. The number of carbonyl (C=O) groups excluding carboxylic acids is 2. The third-order valence-electron chi connectivity index (χ3n) is 3.81. The summed E-state index contributed by atoms with van der Waals surface area (Å²) in [4.78, 5) is 24.0. The van der Waals surface area contributed by atoms with Crippen molar-refractivity contribution in [2.45, 2.75) is 62.7 Å². The number of aliphatic hydroxyl groups is 1. The van der Waals surface area contributed by atoms with Crippen molar-refractivity contribution in [3.8, 4) is 0 Å². The van der Waals surface area contributed by atoms with Gasteiger partial charge in [-0.2, -0.15) is 0 Å². The van der Waals surface area contributed by atoms with Crippen molar-refractivity contribution in [3.05, 3.63) is 29.8 Å². The first kappa shape index (κ1) is 21.3. The Morgan fingerprint density at radius 2 is 1.72 bits per heavy atom. The van der Waals surface area contributed by atoms with E-state index in [1.807, 2.05) is 6.92 Å². The number of ketones is 1. The normalized spacial score (nSPS) is 13.9. The van der Waals surface area contributed by atoms with Gasteiger partial charge in [0.15, 0.2) is 15.6 Å². The zero-order valence-corrected chi connectivity index (χ0v) is 15.7. The van der Waals surface area contributed by atoms with Crippen LogP contribution >= 0.6 is 0 Å².